The topological polar surface area (TPSA) is 119 Å². The molecule has 1 aliphatic heterocycles. The van der Waals surface area contributed by atoms with E-state index in [4.69, 9.17) is 9.84 Å². The normalized spacial score (nSPS) is 24.5. The van der Waals surface area contributed by atoms with Crippen LogP contribution in [0.5, 0.6) is 17.2 Å². The quantitative estimate of drug-likeness (QED) is 0.520. The molecular weight excluding hydrogens is 278 g/mol. The van der Waals surface area contributed by atoms with Crippen LogP contribution in [-0.2, 0) is 4.79 Å². The summed E-state index contributed by atoms with van der Waals surface area (Å²) in [7, 11) is 0. The number of rotatable bonds is 4. The monoisotopic (exact) mass is 297 g/mol. The van der Waals surface area contributed by atoms with Crippen molar-refractivity contribution in [3.8, 4) is 17.2 Å². The van der Waals surface area contributed by atoms with Gasteiger partial charge in [0.25, 0.3) is 0 Å². The van der Waals surface area contributed by atoms with Gasteiger partial charge in [0.15, 0.2) is 11.5 Å². The molecule has 5 N–H and O–H groups in total. The fraction of sp³-hybridized carbons (Fsp3) is 0.500. The van der Waals surface area contributed by atoms with Crippen molar-refractivity contribution in [3.05, 3.63) is 17.7 Å². The first-order chi connectivity index (χ1) is 9.81. The van der Waals surface area contributed by atoms with Gasteiger partial charge < -0.3 is 30.5 Å². The molecule has 116 valence electrons. The minimum atomic E-state index is -1.32. The molecule has 1 heterocycles. The molecule has 0 aliphatic carbocycles. The Balaban J connectivity index is 2.47. The number of aromatic hydroxyl groups is 2. The van der Waals surface area contributed by atoms with Gasteiger partial charge in [0.05, 0.1) is 12.5 Å². The standard InChI is InChI=1S/C14H19NO6/c1-6(2)15-11-8(5-10(17)18)7-3-4-9(16)12(19)13(7)21-14(11)20/h3-4,6,8,11,14-16,19-20H,5H2,1-2H3,(H,17,18)/t8-,11-,14-/m1/s1. The Hall–Kier alpha value is -1.99. The van der Waals surface area contributed by atoms with Crippen LogP contribution < -0.4 is 10.1 Å². The Morgan fingerprint density at radius 3 is 2.62 bits per heavy atom. The lowest BCUT2D eigenvalue weighted by molar-refractivity contribution is -0.138. The van der Waals surface area contributed by atoms with Gasteiger partial charge in [-0.05, 0) is 6.07 Å². The second kappa shape index (κ2) is 5.79. The lowest BCUT2D eigenvalue weighted by Crippen LogP contribution is -2.52. The number of carboxylic acids is 1. The minimum Gasteiger partial charge on any atom is -0.504 e. The summed E-state index contributed by atoms with van der Waals surface area (Å²) < 4.78 is 5.26. The van der Waals surface area contributed by atoms with Crippen molar-refractivity contribution < 1.29 is 30.0 Å². The lowest BCUT2D eigenvalue weighted by atomic mass is 9.84. The highest BCUT2D eigenvalue weighted by molar-refractivity contribution is 5.69. The molecule has 0 saturated carbocycles. The molecule has 2 rings (SSSR count). The summed E-state index contributed by atoms with van der Waals surface area (Å²) >= 11 is 0. The summed E-state index contributed by atoms with van der Waals surface area (Å²) in [5, 5.41) is 41.6. The predicted octanol–water partition coefficient (Wildman–Crippen LogP) is 0.734. The van der Waals surface area contributed by atoms with Crippen LogP contribution >= 0.6 is 0 Å². The summed E-state index contributed by atoms with van der Waals surface area (Å²) in [6, 6.07) is 2.16. The van der Waals surface area contributed by atoms with Gasteiger partial charge in [-0.25, -0.2) is 0 Å². The zero-order valence-corrected chi connectivity index (χ0v) is 11.8. The van der Waals surface area contributed by atoms with E-state index in [9.17, 15) is 20.1 Å². The number of carboxylic acid groups (broad SMARTS) is 1. The molecule has 21 heavy (non-hydrogen) atoms. The molecular formula is C14H19NO6. The summed E-state index contributed by atoms with van der Waals surface area (Å²) in [5.41, 5.74) is 0.441. The van der Waals surface area contributed by atoms with E-state index in [1.165, 1.54) is 12.1 Å². The Kier molecular flexibility index (Phi) is 4.24. The van der Waals surface area contributed by atoms with Gasteiger partial charge in [-0.2, -0.15) is 0 Å². The summed E-state index contributed by atoms with van der Waals surface area (Å²) in [6.07, 6.45) is -1.56. The average Bonchev–Trinajstić information content (AvgIpc) is 2.38. The molecule has 0 amide bonds. The molecule has 0 unspecified atom stereocenters. The smallest absolute Gasteiger partial charge is 0.304 e. The van der Waals surface area contributed by atoms with E-state index in [2.05, 4.69) is 5.32 Å². The lowest BCUT2D eigenvalue weighted by Gasteiger charge is -2.38. The first-order valence-electron chi connectivity index (χ1n) is 6.68. The molecule has 1 aromatic rings. The van der Waals surface area contributed by atoms with Crippen molar-refractivity contribution in [1.29, 1.82) is 0 Å². The molecule has 1 aliphatic rings. The zero-order valence-electron chi connectivity index (χ0n) is 11.8. The summed E-state index contributed by atoms with van der Waals surface area (Å²) in [6.45, 7) is 3.74. The first kappa shape index (κ1) is 15.4. The molecule has 0 saturated heterocycles. The number of carbonyl (C=O) groups is 1. The van der Waals surface area contributed by atoms with Gasteiger partial charge in [0.1, 0.15) is 0 Å². The molecule has 3 atom stereocenters. The maximum Gasteiger partial charge on any atom is 0.304 e. The van der Waals surface area contributed by atoms with Crippen LogP contribution in [-0.4, -0.2) is 44.8 Å². The number of hydrogen-bond donors (Lipinski definition) is 5. The van der Waals surface area contributed by atoms with Crippen molar-refractivity contribution >= 4 is 5.97 Å². The third-order valence-electron chi connectivity index (χ3n) is 3.44. The van der Waals surface area contributed by atoms with E-state index < -0.39 is 30.0 Å². The van der Waals surface area contributed by atoms with E-state index in [-0.39, 0.29) is 24.0 Å². The van der Waals surface area contributed by atoms with Crippen molar-refractivity contribution in [2.75, 3.05) is 0 Å². The van der Waals surface area contributed by atoms with Crippen LogP contribution in [0.25, 0.3) is 0 Å². The first-order valence-corrected chi connectivity index (χ1v) is 6.68. The molecule has 7 nitrogen and oxygen atoms in total. The number of fused-ring (bicyclic) bond motifs is 1. The van der Waals surface area contributed by atoms with Crippen molar-refractivity contribution in [2.45, 2.75) is 44.6 Å². The maximum absolute atomic E-state index is 11.1. The minimum absolute atomic E-state index is 0.0109. The number of phenolic OH excluding ortho intramolecular Hbond substituents is 2. The number of aliphatic hydroxyl groups excluding tert-OH is 1. The van der Waals surface area contributed by atoms with E-state index >= 15 is 0 Å². The SMILES string of the molecule is CC(C)N[C@H]1[C@H](O)Oc2c(ccc(O)c2O)[C@H]1CC(=O)O. The van der Waals surface area contributed by atoms with E-state index in [1.807, 2.05) is 13.8 Å². The van der Waals surface area contributed by atoms with Gasteiger partial charge in [-0.15, -0.1) is 0 Å². The molecule has 0 aromatic heterocycles. The number of aliphatic hydroxyl groups is 1. The summed E-state index contributed by atoms with van der Waals surface area (Å²) in [4.78, 5) is 11.1. The van der Waals surface area contributed by atoms with Gasteiger partial charge >= 0.3 is 5.97 Å². The van der Waals surface area contributed by atoms with E-state index in [0.717, 1.165) is 0 Å². The number of benzene rings is 1. The predicted molar refractivity (Wildman–Crippen MR) is 73.5 cm³/mol. The van der Waals surface area contributed by atoms with E-state index in [0.29, 0.717) is 5.56 Å². The molecule has 0 spiro atoms. The van der Waals surface area contributed by atoms with Gasteiger partial charge in [-0.1, -0.05) is 19.9 Å². The third kappa shape index (κ3) is 3.03. The number of phenols is 2. The molecule has 0 bridgehead atoms. The fourth-order valence-corrected chi connectivity index (χ4v) is 2.59. The number of nitrogens with one attached hydrogen (secondary N) is 1. The molecule has 7 heteroatoms. The van der Waals surface area contributed by atoms with Crippen molar-refractivity contribution in [3.63, 3.8) is 0 Å². The maximum atomic E-state index is 11.1. The zero-order chi connectivity index (χ0) is 15.7. The number of ether oxygens (including phenoxy) is 1. The van der Waals surface area contributed by atoms with E-state index in [1.54, 1.807) is 0 Å². The fourth-order valence-electron chi connectivity index (χ4n) is 2.59. The highest BCUT2D eigenvalue weighted by Crippen LogP contribution is 2.46. The van der Waals surface area contributed by atoms with Crippen LogP contribution in [0.15, 0.2) is 12.1 Å². The highest BCUT2D eigenvalue weighted by Gasteiger charge is 2.40. The Bertz CT molecular complexity index is 545. The van der Waals surface area contributed by atoms with Crippen LogP contribution in [0.1, 0.15) is 31.7 Å². The van der Waals surface area contributed by atoms with Gasteiger partial charge in [0, 0.05) is 17.5 Å². The van der Waals surface area contributed by atoms with Crippen molar-refractivity contribution in [1.82, 2.24) is 5.32 Å². The molecule has 0 fully saturated rings. The summed E-state index contributed by atoms with van der Waals surface area (Å²) in [5.74, 6) is -2.57. The Labute approximate surface area is 121 Å². The third-order valence-corrected chi connectivity index (χ3v) is 3.44. The van der Waals surface area contributed by atoms with Crippen molar-refractivity contribution in [2.24, 2.45) is 0 Å². The molecule has 0 radical (unpaired) electrons. The Morgan fingerprint density at radius 1 is 1.38 bits per heavy atom. The second-order valence-corrected chi connectivity index (χ2v) is 5.41. The molecule has 1 aromatic carbocycles. The largest absolute Gasteiger partial charge is 0.504 e. The average molecular weight is 297 g/mol. The van der Waals surface area contributed by atoms with Gasteiger partial charge in [0.2, 0.25) is 12.0 Å². The van der Waals surface area contributed by atoms with Crippen LogP contribution in [0, 0.1) is 0 Å². The van der Waals surface area contributed by atoms with Gasteiger partial charge in [-0.3, -0.25) is 4.79 Å². The number of hydrogen-bond acceptors (Lipinski definition) is 6. The Morgan fingerprint density at radius 2 is 2.05 bits per heavy atom. The van der Waals surface area contributed by atoms with Crippen LogP contribution in [0.3, 0.4) is 0 Å². The van der Waals surface area contributed by atoms with Crippen LogP contribution in [0.4, 0.5) is 0 Å². The highest BCUT2D eigenvalue weighted by atomic mass is 16.6. The second-order valence-electron chi connectivity index (χ2n) is 5.41. The van der Waals surface area contributed by atoms with Crippen LogP contribution in [0.2, 0.25) is 0 Å². The number of aliphatic carboxylic acids is 1.